The summed E-state index contributed by atoms with van der Waals surface area (Å²) in [6, 6.07) is 6.08. The van der Waals surface area contributed by atoms with E-state index < -0.39 is 0 Å². The van der Waals surface area contributed by atoms with Crippen LogP contribution in [0.15, 0.2) is 30.6 Å². The van der Waals surface area contributed by atoms with Gasteiger partial charge in [-0.15, -0.1) is 0 Å². The number of nitrogens with zero attached hydrogens (tertiary/aromatic N) is 2. The number of aromatic nitrogens is 2. The molecule has 17 heavy (non-hydrogen) atoms. The first kappa shape index (κ1) is 12.1. The fourth-order valence-corrected chi connectivity index (χ4v) is 1.97. The van der Waals surface area contributed by atoms with Gasteiger partial charge in [0.25, 0.3) is 0 Å². The van der Waals surface area contributed by atoms with Gasteiger partial charge in [0.1, 0.15) is 5.65 Å². The molecule has 0 aliphatic heterocycles. The Morgan fingerprint density at radius 1 is 1.35 bits per heavy atom. The molecule has 3 nitrogen and oxygen atoms in total. The van der Waals surface area contributed by atoms with E-state index >= 15 is 0 Å². The summed E-state index contributed by atoms with van der Waals surface area (Å²) in [6.45, 7) is 6.51. The third-order valence-corrected chi connectivity index (χ3v) is 2.93. The molecule has 0 aliphatic carbocycles. The maximum atomic E-state index is 4.37. The average Bonchev–Trinajstić information content (AvgIpc) is 2.72. The third kappa shape index (κ3) is 3.30. The lowest BCUT2D eigenvalue weighted by Gasteiger charge is -2.06. The van der Waals surface area contributed by atoms with Crippen molar-refractivity contribution < 1.29 is 0 Å². The zero-order valence-corrected chi connectivity index (χ0v) is 10.7. The Bertz CT molecular complexity index is 459. The second-order valence-electron chi connectivity index (χ2n) is 4.89. The van der Waals surface area contributed by atoms with Crippen LogP contribution >= 0.6 is 0 Å². The molecule has 0 saturated heterocycles. The molecule has 0 bridgehead atoms. The van der Waals surface area contributed by atoms with Gasteiger partial charge in [-0.3, -0.25) is 0 Å². The van der Waals surface area contributed by atoms with Crippen LogP contribution in [0.3, 0.4) is 0 Å². The van der Waals surface area contributed by atoms with Gasteiger partial charge in [-0.05, 0) is 37.4 Å². The second kappa shape index (κ2) is 5.82. The number of hydrogen-bond donors (Lipinski definition) is 1. The van der Waals surface area contributed by atoms with E-state index in [1.54, 1.807) is 0 Å². The zero-order valence-electron chi connectivity index (χ0n) is 10.7. The molecular formula is C14H21N3. The van der Waals surface area contributed by atoms with Crippen LogP contribution in [0.1, 0.15) is 32.4 Å². The van der Waals surface area contributed by atoms with E-state index in [-0.39, 0.29) is 0 Å². The lowest BCUT2D eigenvalue weighted by atomic mass is 10.1. The van der Waals surface area contributed by atoms with Crippen LogP contribution < -0.4 is 5.32 Å². The van der Waals surface area contributed by atoms with E-state index in [1.165, 1.54) is 18.5 Å². The zero-order chi connectivity index (χ0) is 12.1. The highest BCUT2D eigenvalue weighted by Gasteiger charge is 2.01. The molecule has 2 aromatic heterocycles. The Labute approximate surface area is 103 Å². The maximum absolute atomic E-state index is 4.37. The normalized spacial score (nSPS) is 11.5. The third-order valence-electron chi connectivity index (χ3n) is 2.93. The highest BCUT2D eigenvalue weighted by Crippen LogP contribution is 2.06. The van der Waals surface area contributed by atoms with E-state index in [0.717, 1.165) is 24.7 Å². The molecule has 0 fully saturated rings. The molecule has 2 heterocycles. The molecule has 0 spiro atoms. The summed E-state index contributed by atoms with van der Waals surface area (Å²) in [5.41, 5.74) is 2.25. The maximum Gasteiger partial charge on any atom is 0.136 e. The molecule has 0 atom stereocenters. The van der Waals surface area contributed by atoms with Crippen molar-refractivity contribution in [2.75, 3.05) is 6.54 Å². The molecule has 2 rings (SSSR count). The number of hydrogen-bond acceptors (Lipinski definition) is 2. The summed E-state index contributed by atoms with van der Waals surface area (Å²) >= 11 is 0. The lowest BCUT2D eigenvalue weighted by Crippen LogP contribution is -2.16. The van der Waals surface area contributed by atoms with Gasteiger partial charge in [-0.1, -0.05) is 19.9 Å². The fourth-order valence-electron chi connectivity index (χ4n) is 1.97. The minimum atomic E-state index is 0.799. The van der Waals surface area contributed by atoms with Gasteiger partial charge in [-0.25, -0.2) is 4.98 Å². The predicted octanol–water partition coefficient (Wildman–Crippen LogP) is 2.86. The molecule has 1 N–H and O–H groups in total. The summed E-state index contributed by atoms with van der Waals surface area (Å²) in [6.07, 6.45) is 6.55. The Hall–Kier alpha value is -1.35. The summed E-state index contributed by atoms with van der Waals surface area (Å²) < 4.78 is 2.13. The molecule has 3 heteroatoms. The van der Waals surface area contributed by atoms with Crippen molar-refractivity contribution in [2.24, 2.45) is 5.92 Å². The molecule has 0 aromatic carbocycles. The predicted molar refractivity (Wildman–Crippen MR) is 71.0 cm³/mol. The van der Waals surface area contributed by atoms with Crippen LogP contribution in [0.25, 0.3) is 5.65 Å². The Balaban J connectivity index is 1.83. The van der Waals surface area contributed by atoms with Crippen LogP contribution in [-0.2, 0) is 6.54 Å². The minimum Gasteiger partial charge on any atom is -0.311 e. The number of fused-ring (bicyclic) bond motifs is 1. The number of pyridine rings is 1. The molecule has 0 radical (unpaired) electrons. The van der Waals surface area contributed by atoms with Crippen molar-refractivity contribution in [2.45, 2.75) is 33.2 Å². The van der Waals surface area contributed by atoms with Gasteiger partial charge < -0.3 is 9.72 Å². The van der Waals surface area contributed by atoms with Crippen molar-refractivity contribution in [3.8, 4) is 0 Å². The Morgan fingerprint density at radius 3 is 3.06 bits per heavy atom. The monoisotopic (exact) mass is 231 g/mol. The van der Waals surface area contributed by atoms with E-state index in [4.69, 9.17) is 0 Å². The van der Waals surface area contributed by atoms with Gasteiger partial charge in [0.2, 0.25) is 0 Å². The molecular weight excluding hydrogens is 210 g/mol. The van der Waals surface area contributed by atoms with Crippen molar-refractivity contribution in [1.29, 1.82) is 0 Å². The Morgan fingerprint density at radius 2 is 2.24 bits per heavy atom. The molecule has 0 unspecified atom stereocenters. The number of nitrogens with one attached hydrogen (secondary N) is 1. The average molecular weight is 231 g/mol. The summed E-state index contributed by atoms with van der Waals surface area (Å²) in [5, 5.41) is 3.47. The Kier molecular flexibility index (Phi) is 4.15. The summed E-state index contributed by atoms with van der Waals surface area (Å²) in [7, 11) is 0. The highest BCUT2D eigenvalue weighted by molar-refractivity contribution is 5.39. The van der Waals surface area contributed by atoms with Gasteiger partial charge in [0.05, 0.1) is 11.9 Å². The van der Waals surface area contributed by atoms with Crippen molar-refractivity contribution in [3.05, 3.63) is 36.3 Å². The van der Waals surface area contributed by atoms with Crippen LogP contribution in [0.5, 0.6) is 0 Å². The van der Waals surface area contributed by atoms with Gasteiger partial charge >= 0.3 is 0 Å². The molecule has 2 aromatic rings. The highest BCUT2D eigenvalue weighted by atomic mass is 15.0. The van der Waals surface area contributed by atoms with Gasteiger partial charge in [-0.2, -0.15) is 0 Å². The van der Waals surface area contributed by atoms with E-state index in [1.807, 2.05) is 24.4 Å². The molecule has 0 aliphatic rings. The SMILES string of the molecule is CC(C)CCCNCc1cnc2ccccn12. The van der Waals surface area contributed by atoms with Gasteiger partial charge in [0, 0.05) is 12.7 Å². The largest absolute Gasteiger partial charge is 0.311 e. The first-order chi connectivity index (χ1) is 8.27. The van der Waals surface area contributed by atoms with E-state index in [2.05, 4.69) is 34.7 Å². The van der Waals surface area contributed by atoms with Crippen LogP contribution in [0.2, 0.25) is 0 Å². The van der Waals surface area contributed by atoms with Crippen molar-refractivity contribution in [1.82, 2.24) is 14.7 Å². The first-order valence-corrected chi connectivity index (χ1v) is 6.39. The van der Waals surface area contributed by atoms with Gasteiger partial charge in [0.15, 0.2) is 0 Å². The lowest BCUT2D eigenvalue weighted by molar-refractivity contribution is 0.525. The van der Waals surface area contributed by atoms with Crippen LogP contribution in [0, 0.1) is 5.92 Å². The van der Waals surface area contributed by atoms with E-state index in [9.17, 15) is 0 Å². The van der Waals surface area contributed by atoms with Crippen molar-refractivity contribution in [3.63, 3.8) is 0 Å². The van der Waals surface area contributed by atoms with Crippen LogP contribution in [0.4, 0.5) is 0 Å². The standard InChI is InChI=1S/C14H21N3/c1-12(2)6-5-8-15-10-13-11-16-14-7-3-4-9-17(13)14/h3-4,7,9,11-12,15H,5-6,8,10H2,1-2H3. The van der Waals surface area contributed by atoms with Crippen molar-refractivity contribution >= 4 is 5.65 Å². The number of imidazole rings is 1. The summed E-state index contributed by atoms with van der Waals surface area (Å²) in [5.74, 6) is 0.799. The fraction of sp³-hybridized carbons (Fsp3) is 0.500. The minimum absolute atomic E-state index is 0.799. The topological polar surface area (TPSA) is 29.3 Å². The molecule has 0 amide bonds. The van der Waals surface area contributed by atoms with Crippen LogP contribution in [-0.4, -0.2) is 15.9 Å². The quantitative estimate of drug-likeness (QED) is 0.775. The second-order valence-corrected chi connectivity index (χ2v) is 4.89. The van der Waals surface area contributed by atoms with E-state index in [0.29, 0.717) is 0 Å². The molecule has 92 valence electrons. The summed E-state index contributed by atoms with van der Waals surface area (Å²) in [4.78, 5) is 4.37. The molecule has 0 saturated carbocycles. The first-order valence-electron chi connectivity index (χ1n) is 6.39. The number of rotatable bonds is 6. The smallest absolute Gasteiger partial charge is 0.136 e.